The molecular formula is C19H30N4O2. The van der Waals surface area contributed by atoms with Crippen LogP contribution in [0.25, 0.3) is 0 Å². The lowest BCUT2D eigenvalue weighted by atomic mass is 10.1. The van der Waals surface area contributed by atoms with Crippen molar-refractivity contribution in [2.45, 2.75) is 26.4 Å². The molecule has 1 atom stereocenters. The fourth-order valence-electron chi connectivity index (χ4n) is 3.08. The molecule has 1 N–H and O–H groups in total. The largest absolute Gasteiger partial charge is 0.358 e. The molecule has 2 amide bonds. The van der Waals surface area contributed by atoms with Crippen LogP contribution in [-0.2, 0) is 16.1 Å². The average Bonchev–Trinajstić information content (AvgIpc) is 2.60. The van der Waals surface area contributed by atoms with Crippen molar-refractivity contribution in [1.29, 1.82) is 0 Å². The monoisotopic (exact) mass is 346 g/mol. The molecule has 0 spiro atoms. The molecular weight excluding hydrogens is 316 g/mol. The minimum atomic E-state index is -0.309. The molecule has 1 aliphatic rings. The average molecular weight is 346 g/mol. The van der Waals surface area contributed by atoms with Crippen LogP contribution in [0.2, 0.25) is 0 Å². The molecule has 1 fully saturated rings. The van der Waals surface area contributed by atoms with E-state index >= 15 is 0 Å². The fourth-order valence-corrected chi connectivity index (χ4v) is 3.08. The highest BCUT2D eigenvalue weighted by atomic mass is 16.2. The summed E-state index contributed by atoms with van der Waals surface area (Å²) in [6, 6.07) is 8.26. The van der Waals surface area contributed by atoms with E-state index in [1.807, 2.05) is 18.9 Å². The second kappa shape index (κ2) is 8.97. The van der Waals surface area contributed by atoms with Crippen molar-refractivity contribution in [3.63, 3.8) is 0 Å². The van der Waals surface area contributed by atoms with E-state index in [4.69, 9.17) is 0 Å². The lowest BCUT2D eigenvalue weighted by Gasteiger charge is -2.36. The first-order valence-corrected chi connectivity index (χ1v) is 8.88. The van der Waals surface area contributed by atoms with Crippen molar-refractivity contribution < 1.29 is 9.59 Å². The minimum Gasteiger partial charge on any atom is -0.358 e. The van der Waals surface area contributed by atoms with Gasteiger partial charge < -0.3 is 10.2 Å². The highest BCUT2D eigenvalue weighted by molar-refractivity contribution is 5.83. The zero-order valence-corrected chi connectivity index (χ0v) is 15.8. The second-order valence-electron chi connectivity index (χ2n) is 6.85. The standard InChI is InChI=1S/C19H30N4O2/c1-15-6-5-7-17(12-15)13-22-8-10-23(11-9-22)18(24)14-21(4)16(2)19(25)20-3/h5-7,12,16H,8-11,13-14H2,1-4H3,(H,20,25)/t16-/m1/s1. The van der Waals surface area contributed by atoms with Gasteiger partial charge in [-0.05, 0) is 26.5 Å². The van der Waals surface area contributed by atoms with Crippen LogP contribution in [0.5, 0.6) is 0 Å². The summed E-state index contributed by atoms with van der Waals surface area (Å²) in [4.78, 5) is 30.2. The second-order valence-corrected chi connectivity index (χ2v) is 6.85. The Morgan fingerprint density at radius 2 is 1.92 bits per heavy atom. The van der Waals surface area contributed by atoms with Gasteiger partial charge >= 0.3 is 0 Å². The highest BCUT2D eigenvalue weighted by Gasteiger charge is 2.24. The molecule has 1 aliphatic heterocycles. The van der Waals surface area contributed by atoms with Crippen LogP contribution in [0.1, 0.15) is 18.1 Å². The summed E-state index contributed by atoms with van der Waals surface area (Å²) in [5.74, 6) is 0.0201. The number of rotatable bonds is 6. The van der Waals surface area contributed by atoms with Gasteiger partial charge in [0.15, 0.2) is 0 Å². The maximum atomic E-state index is 12.5. The van der Waals surface area contributed by atoms with Crippen LogP contribution < -0.4 is 5.32 Å². The molecule has 6 nitrogen and oxygen atoms in total. The van der Waals surface area contributed by atoms with E-state index in [-0.39, 0.29) is 24.4 Å². The predicted molar refractivity (Wildman–Crippen MR) is 99.2 cm³/mol. The number of nitrogens with zero attached hydrogens (tertiary/aromatic N) is 3. The van der Waals surface area contributed by atoms with Gasteiger partial charge in [0.1, 0.15) is 0 Å². The quantitative estimate of drug-likeness (QED) is 0.824. The topological polar surface area (TPSA) is 55.9 Å². The van der Waals surface area contributed by atoms with Crippen LogP contribution in [0.15, 0.2) is 24.3 Å². The Morgan fingerprint density at radius 1 is 1.24 bits per heavy atom. The molecule has 1 aromatic carbocycles. The summed E-state index contributed by atoms with van der Waals surface area (Å²) in [6.07, 6.45) is 0. The van der Waals surface area contributed by atoms with E-state index in [2.05, 4.69) is 41.4 Å². The molecule has 138 valence electrons. The number of hydrogen-bond acceptors (Lipinski definition) is 4. The summed E-state index contributed by atoms with van der Waals surface area (Å²) in [5, 5.41) is 2.62. The van der Waals surface area contributed by atoms with Gasteiger partial charge in [-0.25, -0.2) is 0 Å². The van der Waals surface area contributed by atoms with E-state index in [1.54, 1.807) is 11.9 Å². The number of hydrogen-bond donors (Lipinski definition) is 1. The van der Waals surface area contributed by atoms with Crippen molar-refractivity contribution >= 4 is 11.8 Å². The van der Waals surface area contributed by atoms with Gasteiger partial charge in [0.05, 0.1) is 12.6 Å². The predicted octanol–water partition coefficient (Wildman–Crippen LogP) is 0.706. The number of amides is 2. The van der Waals surface area contributed by atoms with E-state index in [0.29, 0.717) is 0 Å². The Bertz CT molecular complexity index is 597. The number of carbonyl (C=O) groups excluding carboxylic acids is 2. The number of aryl methyl sites for hydroxylation is 1. The van der Waals surface area contributed by atoms with E-state index in [9.17, 15) is 9.59 Å². The lowest BCUT2D eigenvalue weighted by Crippen LogP contribution is -2.52. The highest BCUT2D eigenvalue weighted by Crippen LogP contribution is 2.11. The number of nitrogens with one attached hydrogen (secondary N) is 1. The fraction of sp³-hybridized carbons (Fsp3) is 0.579. The first-order chi connectivity index (χ1) is 11.9. The van der Waals surface area contributed by atoms with Crippen LogP contribution in [0.4, 0.5) is 0 Å². The minimum absolute atomic E-state index is 0.0710. The first-order valence-electron chi connectivity index (χ1n) is 8.88. The van der Waals surface area contributed by atoms with Gasteiger partial charge in [0, 0.05) is 39.8 Å². The molecule has 25 heavy (non-hydrogen) atoms. The third-order valence-corrected chi connectivity index (χ3v) is 4.89. The maximum absolute atomic E-state index is 12.5. The van der Waals surface area contributed by atoms with Crippen molar-refractivity contribution in [3.8, 4) is 0 Å². The van der Waals surface area contributed by atoms with Crippen LogP contribution in [-0.4, -0.2) is 79.4 Å². The smallest absolute Gasteiger partial charge is 0.236 e. The summed E-state index contributed by atoms with van der Waals surface area (Å²) in [6.45, 7) is 8.37. The zero-order chi connectivity index (χ0) is 18.4. The molecule has 6 heteroatoms. The molecule has 0 bridgehead atoms. The summed E-state index contributed by atoms with van der Waals surface area (Å²) in [7, 11) is 3.42. The Balaban J connectivity index is 1.79. The molecule has 1 saturated heterocycles. The molecule has 1 aromatic rings. The Labute approximate surface area is 150 Å². The van der Waals surface area contributed by atoms with Gasteiger partial charge in [-0.1, -0.05) is 29.8 Å². The van der Waals surface area contributed by atoms with Gasteiger partial charge in [-0.15, -0.1) is 0 Å². The van der Waals surface area contributed by atoms with Crippen molar-refractivity contribution in [2.24, 2.45) is 0 Å². The van der Waals surface area contributed by atoms with E-state index in [0.717, 1.165) is 32.7 Å². The third kappa shape index (κ3) is 5.54. The van der Waals surface area contributed by atoms with Gasteiger partial charge in [0.2, 0.25) is 11.8 Å². The molecule has 0 aliphatic carbocycles. The van der Waals surface area contributed by atoms with Gasteiger partial charge in [-0.3, -0.25) is 19.4 Å². The summed E-state index contributed by atoms with van der Waals surface area (Å²) >= 11 is 0. The zero-order valence-electron chi connectivity index (χ0n) is 15.8. The summed E-state index contributed by atoms with van der Waals surface area (Å²) < 4.78 is 0. The lowest BCUT2D eigenvalue weighted by molar-refractivity contribution is -0.135. The van der Waals surface area contributed by atoms with Crippen LogP contribution >= 0.6 is 0 Å². The van der Waals surface area contributed by atoms with Gasteiger partial charge in [-0.2, -0.15) is 0 Å². The Morgan fingerprint density at radius 3 is 2.52 bits per heavy atom. The molecule has 0 saturated carbocycles. The third-order valence-electron chi connectivity index (χ3n) is 4.89. The van der Waals surface area contributed by atoms with Crippen LogP contribution in [0.3, 0.4) is 0 Å². The number of carbonyl (C=O) groups is 2. The molecule has 2 rings (SSSR count). The van der Waals surface area contributed by atoms with Crippen molar-refractivity contribution in [3.05, 3.63) is 35.4 Å². The Hall–Kier alpha value is -1.92. The number of piperazine rings is 1. The van der Waals surface area contributed by atoms with Crippen molar-refractivity contribution in [2.75, 3.05) is 46.8 Å². The van der Waals surface area contributed by atoms with E-state index < -0.39 is 0 Å². The summed E-state index contributed by atoms with van der Waals surface area (Å²) in [5.41, 5.74) is 2.60. The molecule has 1 heterocycles. The SMILES string of the molecule is CNC(=O)[C@@H](C)N(C)CC(=O)N1CCN(Cc2cccc(C)c2)CC1. The first kappa shape index (κ1) is 19.4. The molecule has 0 aromatic heterocycles. The Kier molecular flexibility index (Phi) is 6.96. The normalized spacial score (nSPS) is 16.8. The van der Waals surface area contributed by atoms with E-state index in [1.165, 1.54) is 11.1 Å². The molecule has 0 radical (unpaired) electrons. The number of benzene rings is 1. The maximum Gasteiger partial charge on any atom is 0.236 e. The van der Waals surface area contributed by atoms with Gasteiger partial charge in [0.25, 0.3) is 0 Å². The van der Waals surface area contributed by atoms with Crippen LogP contribution in [0, 0.1) is 6.92 Å². The molecule has 0 unspecified atom stereocenters. The van der Waals surface area contributed by atoms with Crippen molar-refractivity contribution in [1.82, 2.24) is 20.0 Å². The number of likely N-dealkylation sites (N-methyl/N-ethyl adjacent to an activating group) is 2.